The van der Waals surface area contributed by atoms with E-state index in [9.17, 15) is 4.79 Å². The normalized spacial score (nSPS) is 21.8. The molecule has 0 radical (unpaired) electrons. The average molecular weight is 316 g/mol. The van der Waals surface area contributed by atoms with Gasteiger partial charge in [0, 0.05) is 16.1 Å². The molecule has 112 valence electrons. The summed E-state index contributed by atoms with van der Waals surface area (Å²) in [5.74, 6) is 1.48. The average Bonchev–Trinajstić information content (AvgIpc) is 2.80. The summed E-state index contributed by atoms with van der Waals surface area (Å²) in [7, 11) is 1.62. The van der Waals surface area contributed by atoms with Gasteiger partial charge in [-0.3, -0.25) is 9.69 Å². The maximum absolute atomic E-state index is 12.7. The molecule has 22 heavy (non-hydrogen) atoms. The molecule has 1 amide bonds. The SMILES string of the molecule is COc1ccc2c(c1)[C@H](C)N1C(=O)c3cc(Cl)ccc3[C@@H]1O2. The van der Waals surface area contributed by atoms with Gasteiger partial charge in [-0.25, -0.2) is 0 Å². The lowest BCUT2D eigenvalue weighted by molar-refractivity contribution is -0.00192. The minimum absolute atomic E-state index is 0.0523. The number of fused-ring (bicyclic) bond motifs is 4. The van der Waals surface area contributed by atoms with Crippen molar-refractivity contribution in [2.24, 2.45) is 0 Å². The summed E-state index contributed by atoms with van der Waals surface area (Å²) >= 11 is 6.02. The smallest absolute Gasteiger partial charge is 0.258 e. The number of carbonyl (C=O) groups is 1. The highest BCUT2D eigenvalue weighted by Crippen LogP contribution is 2.48. The second-order valence-corrected chi connectivity index (χ2v) is 5.93. The maximum atomic E-state index is 12.7. The molecular weight excluding hydrogens is 302 g/mol. The Kier molecular flexibility index (Phi) is 2.84. The van der Waals surface area contributed by atoms with Crippen LogP contribution >= 0.6 is 11.6 Å². The Morgan fingerprint density at radius 1 is 1.18 bits per heavy atom. The van der Waals surface area contributed by atoms with E-state index in [4.69, 9.17) is 21.1 Å². The Labute approximate surface area is 133 Å². The van der Waals surface area contributed by atoms with Gasteiger partial charge in [0.25, 0.3) is 5.91 Å². The number of amides is 1. The first-order valence-corrected chi connectivity index (χ1v) is 7.44. The van der Waals surface area contributed by atoms with Crippen molar-refractivity contribution in [2.75, 3.05) is 7.11 Å². The predicted octanol–water partition coefficient (Wildman–Crippen LogP) is 3.96. The highest BCUT2D eigenvalue weighted by Gasteiger charge is 2.45. The molecule has 5 heteroatoms. The van der Waals surface area contributed by atoms with E-state index >= 15 is 0 Å². The fraction of sp³-hybridized carbons (Fsp3) is 0.235. The van der Waals surface area contributed by atoms with E-state index < -0.39 is 6.23 Å². The molecule has 2 atom stereocenters. The fourth-order valence-corrected chi connectivity index (χ4v) is 3.35. The Hall–Kier alpha value is -2.20. The van der Waals surface area contributed by atoms with Gasteiger partial charge in [-0.15, -0.1) is 0 Å². The molecule has 2 aromatic rings. The lowest BCUT2D eigenvalue weighted by atomic mass is 10.0. The van der Waals surface area contributed by atoms with Crippen molar-refractivity contribution in [3.8, 4) is 11.5 Å². The second kappa shape index (κ2) is 4.65. The van der Waals surface area contributed by atoms with Gasteiger partial charge in [0.2, 0.25) is 6.23 Å². The summed E-state index contributed by atoms with van der Waals surface area (Å²) in [6, 6.07) is 10.9. The quantitative estimate of drug-likeness (QED) is 0.799. The minimum Gasteiger partial charge on any atom is -0.497 e. The molecule has 2 aliphatic heterocycles. The first-order chi connectivity index (χ1) is 10.6. The predicted molar refractivity (Wildman–Crippen MR) is 82.4 cm³/mol. The highest BCUT2D eigenvalue weighted by molar-refractivity contribution is 6.31. The Morgan fingerprint density at radius 2 is 2.00 bits per heavy atom. The topological polar surface area (TPSA) is 38.8 Å². The van der Waals surface area contributed by atoms with Crippen molar-refractivity contribution in [2.45, 2.75) is 19.2 Å². The first kappa shape index (κ1) is 13.5. The van der Waals surface area contributed by atoms with Gasteiger partial charge < -0.3 is 9.47 Å². The van der Waals surface area contributed by atoms with Crippen molar-refractivity contribution in [3.63, 3.8) is 0 Å². The van der Waals surface area contributed by atoms with Crippen molar-refractivity contribution >= 4 is 17.5 Å². The van der Waals surface area contributed by atoms with Crippen molar-refractivity contribution < 1.29 is 14.3 Å². The van der Waals surface area contributed by atoms with Crippen LogP contribution in [0.4, 0.5) is 0 Å². The van der Waals surface area contributed by atoms with Gasteiger partial charge in [0.1, 0.15) is 11.5 Å². The van der Waals surface area contributed by atoms with Crippen LogP contribution in [0.3, 0.4) is 0 Å². The Balaban J connectivity index is 1.84. The zero-order valence-corrected chi connectivity index (χ0v) is 12.9. The third kappa shape index (κ3) is 1.74. The van der Waals surface area contributed by atoms with Gasteiger partial charge in [0.05, 0.1) is 18.7 Å². The van der Waals surface area contributed by atoms with Crippen molar-refractivity contribution in [3.05, 3.63) is 58.1 Å². The molecule has 0 bridgehead atoms. The molecule has 0 saturated heterocycles. The van der Waals surface area contributed by atoms with Gasteiger partial charge in [0.15, 0.2) is 0 Å². The van der Waals surface area contributed by atoms with Crippen molar-refractivity contribution in [1.82, 2.24) is 4.90 Å². The summed E-state index contributed by atoms with van der Waals surface area (Å²) < 4.78 is 11.3. The summed E-state index contributed by atoms with van der Waals surface area (Å²) in [6.07, 6.45) is -0.393. The van der Waals surface area contributed by atoms with Crippen LogP contribution in [-0.2, 0) is 0 Å². The molecule has 2 aromatic carbocycles. The molecule has 0 aliphatic carbocycles. The second-order valence-electron chi connectivity index (χ2n) is 5.49. The molecule has 2 aliphatic rings. The molecule has 0 unspecified atom stereocenters. The van der Waals surface area contributed by atoms with Crippen LogP contribution in [0.1, 0.15) is 40.7 Å². The van der Waals surface area contributed by atoms with Gasteiger partial charge in [-0.05, 0) is 37.3 Å². The van der Waals surface area contributed by atoms with Crippen molar-refractivity contribution in [1.29, 1.82) is 0 Å². The number of rotatable bonds is 1. The van der Waals surface area contributed by atoms with Gasteiger partial charge >= 0.3 is 0 Å². The van der Waals surface area contributed by atoms with Crippen LogP contribution in [0.25, 0.3) is 0 Å². The number of nitrogens with zero attached hydrogens (tertiary/aromatic N) is 1. The van der Waals surface area contributed by atoms with E-state index in [0.717, 1.165) is 22.6 Å². The van der Waals surface area contributed by atoms with E-state index in [2.05, 4.69) is 0 Å². The standard InChI is InChI=1S/C17H14ClNO3/c1-9-13-8-11(21-2)4-6-15(13)22-17-12-5-3-10(18)7-14(12)16(20)19(9)17/h3-9,17H,1-2H3/t9-,17-/m0/s1. The third-order valence-electron chi connectivity index (χ3n) is 4.32. The van der Waals surface area contributed by atoms with E-state index in [1.165, 1.54) is 0 Å². The monoisotopic (exact) mass is 315 g/mol. The van der Waals surface area contributed by atoms with Crippen LogP contribution < -0.4 is 9.47 Å². The minimum atomic E-state index is -0.393. The third-order valence-corrected chi connectivity index (χ3v) is 4.56. The van der Waals surface area contributed by atoms with E-state index in [1.807, 2.05) is 31.2 Å². The molecule has 0 saturated carbocycles. The summed E-state index contributed by atoms with van der Waals surface area (Å²) in [5, 5.41) is 0.554. The van der Waals surface area contributed by atoms with Crippen LogP contribution in [-0.4, -0.2) is 17.9 Å². The first-order valence-electron chi connectivity index (χ1n) is 7.07. The van der Waals surface area contributed by atoms with E-state index in [-0.39, 0.29) is 11.9 Å². The molecule has 0 N–H and O–H groups in total. The maximum Gasteiger partial charge on any atom is 0.258 e. The van der Waals surface area contributed by atoms with E-state index in [1.54, 1.807) is 24.1 Å². The van der Waals surface area contributed by atoms with Crippen LogP contribution in [0.2, 0.25) is 5.02 Å². The molecule has 4 nitrogen and oxygen atoms in total. The highest BCUT2D eigenvalue weighted by atomic mass is 35.5. The zero-order chi connectivity index (χ0) is 15.4. The number of hydrogen-bond acceptors (Lipinski definition) is 3. The molecule has 2 heterocycles. The molecule has 4 rings (SSSR count). The van der Waals surface area contributed by atoms with Crippen LogP contribution in [0.15, 0.2) is 36.4 Å². The summed E-state index contributed by atoms with van der Waals surface area (Å²) in [4.78, 5) is 14.5. The number of hydrogen-bond donors (Lipinski definition) is 0. The molecule has 0 aromatic heterocycles. The number of methoxy groups -OCH3 is 1. The number of carbonyl (C=O) groups excluding carboxylic acids is 1. The summed E-state index contributed by atoms with van der Waals surface area (Å²) in [5.41, 5.74) is 2.43. The van der Waals surface area contributed by atoms with Gasteiger partial charge in [-0.2, -0.15) is 0 Å². The summed E-state index contributed by atoms with van der Waals surface area (Å²) in [6.45, 7) is 2.00. The lowest BCUT2D eigenvalue weighted by Gasteiger charge is -2.37. The largest absolute Gasteiger partial charge is 0.497 e. The van der Waals surface area contributed by atoms with Crippen LogP contribution in [0.5, 0.6) is 11.5 Å². The molecular formula is C17H14ClNO3. The van der Waals surface area contributed by atoms with Gasteiger partial charge in [-0.1, -0.05) is 17.7 Å². The number of halogens is 1. The molecule has 0 spiro atoms. The van der Waals surface area contributed by atoms with E-state index in [0.29, 0.717) is 10.6 Å². The number of ether oxygens (including phenoxy) is 2. The van der Waals surface area contributed by atoms with Crippen LogP contribution in [0, 0.1) is 0 Å². The lowest BCUT2D eigenvalue weighted by Crippen LogP contribution is -2.37. The molecule has 0 fully saturated rings. The Morgan fingerprint density at radius 3 is 2.77 bits per heavy atom. The zero-order valence-electron chi connectivity index (χ0n) is 12.2. The number of benzene rings is 2. The Bertz CT molecular complexity index is 789. The fourth-order valence-electron chi connectivity index (χ4n) is 3.18.